The van der Waals surface area contributed by atoms with Gasteiger partial charge in [0, 0.05) is 5.92 Å². The van der Waals surface area contributed by atoms with E-state index in [1.165, 1.54) is 0 Å². The lowest BCUT2D eigenvalue weighted by Gasteiger charge is -2.13. The van der Waals surface area contributed by atoms with Gasteiger partial charge in [-0.15, -0.1) is 0 Å². The first kappa shape index (κ1) is 14.3. The number of alkyl halides is 1. The van der Waals surface area contributed by atoms with Crippen molar-refractivity contribution in [3.05, 3.63) is 35.9 Å². The fraction of sp³-hybridized carbons (Fsp3) is 0.467. The van der Waals surface area contributed by atoms with E-state index in [9.17, 15) is 9.59 Å². The molecule has 1 aromatic rings. The highest BCUT2D eigenvalue weighted by molar-refractivity contribution is 9.10. The third-order valence-electron chi connectivity index (χ3n) is 3.51. The van der Waals surface area contributed by atoms with Gasteiger partial charge >= 0.3 is 0 Å². The van der Waals surface area contributed by atoms with Crippen molar-refractivity contribution in [2.75, 3.05) is 0 Å². The number of imide groups is 1. The van der Waals surface area contributed by atoms with Gasteiger partial charge in [-0.25, -0.2) is 0 Å². The van der Waals surface area contributed by atoms with Crippen LogP contribution in [0.2, 0.25) is 0 Å². The van der Waals surface area contributed by atoms with Crippen LogP contribution in [-0.2, 0) is 16.0 Å². The maximum atomic E-state index is 11.9. The fourth-order valence-electron chi connectivity index (χ4n) is 2.40. The molecule has 0 aliphatic heterocycles. The molecule has 3 nitrogen and oxygen atoms in total. The molecule has 1 aliphatic carbocycles. The van der Waals surface area contributed by atoms with Gasteiger partial charge in [-0.1, -0.05) is 59.1 Å². The second-order valence-corrected chi connectivity index (χ2v) is 6.10. The van der Waals surface area contributed by atoms with Gasteiger partial charge in [0.1, 0.15) is 0 Å². The molecule has 1 atom stereocenters. The molecule has 0 radical (unpaired) electrons. The first-order valence-corrected chi connectivity index (χ1v) is 7.61. The zero-order chi connectivity index (χ0) is 13.7. The molecule has 2 amide bonds. The Morgan fingerprint density at radius 2 is 1.84 bits per heavy atom. The number of carbonyl (C=O) groups is 2. The predicted molar refractivity (Wildman–Crippen MR) is 78.0 cm³/mol. The summed E-state index contributed by atoms with van der Waals surface area (Å²) in [5, 5.41) is 2.52. The van der Waals surface area contributed by atoms with Crippen LogP contribution in [0.1, 0.15) is 31.2 Å². The van der Waals surface area contributed by atoms with E-state index in [-0.39, 0.29) is 22.6 Å². The highest BCUT2D eigenvalue weighted by atomic mass is 79.9. The van der Waals surface area contributed by atoms with Crippen molar-refractivity contribution in [2.45, 2.75) is 36.9 Å². The van der Waals surface area contributed by atoms with Gasteiger partial charge in [0.15, 0.2) is 0 Å². The molecule has 0 heterocycles. The summed E-state index contributed by atoms with van der Waals surface area (Å²) < 4.78 is 0. The first-order chi connectivity index (χ1) is 9.16. The molecule has 1 fully saturated rings. The Balaban J connectivity index is 1.83. The minimum atomic E-state index is -0.361. The van der Waals surface area contributed by atoms with Crippen LogP contribution in [0.25, 0.3) is 0 Å². The Hall–Kier alpha value is -1.16. The van der Waals surface area contributed by atoms with Crippen molar-refractivity contribution in [3.8, 4) is 0 Å². The maximum absolute atomic E-state index is 11.9. The van der Waals surface area contributed by atoms with E-state index in [1.807, 2.05) is 30.3 Å². The summed E-state index contributed by atoms with van der Waals surface area (Å²) in [6.07, 6.45) is 4.59. The van der Waals surface area contributed by atoms with Crippen LogP contribution in [-0.4, -0.2) is 16.6 Å². The third kappa shape index (κ3) is 4.16. The SMILES string of the molecule is O=C(NC(=O)C1CCCC1)C(Br)Cc1ccccc1. The van der Waals surface area contributed by atoms with Crippen molar-refractivity contribution in [1.82, 2.24) is 5.32 Å². The zero-order valence-corrected chi connectivity index (χ0v) is 12.4. The quantitative estimate of drug-likeness (QED) is 0.866. The Morgan fingerprint density at radius 1 is 1.21 bits per heavy atom. The van der Waals surface area contributed by atoms with Gasteiger partial charge in [-0.3, -0.25) is 14.9 Å². The molecule has 4 heteroatoms. The van der Waals surface area contributed by atoms with E-state index >= 15 is 0 Å². The van der Waals surface area contributed by atoms with Gasteiger partial charge in [0.2, 0.25) is 11.8 Å². The molecule has 102 valence electrons. The van der Waals surface area contributed by atoms with E-state index in [4.69, 9.17) is 0 Å². The van der Waals surface area contributed by atoms with Gasteiger partial charge in [0.25, 0.3) is 0 Å². The van der Waals surface area contributed by atoms with E-state index in [0.717, 1.165) is 31.2 Å². The lowest BCUT2D eigenvalue weighted by atomic mass is 10.1. The summed E-state index contributed by atoms with van der Waals surface area (Å²) in [4.78, 5) is 23.4. The fourth-order valence-corrected chi connectivity index (χ4v) is 2.89. The van der Waals surface area contributed by atoms with Crippen LogP contribution in [0.3, 0.4) is 0 Å². The largest absolute Gasteiger partial charge is 0.295 e. The average molecular weight is 324 g/mol. The van der Waals surface area contributed by atoms with Crippen molar-refractivity contribution in [3.63, 3.8) is 0 Å². The van der Waals surface area contributed by atoms with Crippen LogP contribution in [0.4, 0.5) is 0 Å². The van der Waals surface area contributed by atoms with Crippen LogP contribution >= 0.6 is 15.9 Å². The van der Waals surface area contributed by atoms with E-state index < -0.39 is 0 Å². The molecular weight excluding hydrogens is 306 g/mol. The highest BCUT2D eigenvalue weighted by Gasteiger charge is 2.26. The number of halogens is 1. The van der Waals surface area contributed by atoms with Gasteiger partial charge in [-0.05, 0) is 24.8 Å². The Morgan fingerprint density at radius 3 is 2.47 bits per heavy atom. The molecule has 1 N–H and O–H groups in total. The summed E-state index contributed by atoms with van der Waals surface area (Å²) in [5.74, 6) is -0.318. The van der Waals surface area contributed by atoms with Crippen molar-refractivity contribution in [1.29, 1.82) is 0 Å². The lowest BCUT2D eigenvalue weighted by Crippen LogP contribution is -2.39. The summed E-state index contributed by atoms with van der Waals surface area (Å²) >= 11 is 3.35. The Kier molecular flexibility index (Phi) is 5.14. The number of rotatable bonds is 4. The zero-order valence-electron chi connectivity index (χ0n) is 10.8. The summed E-state index contributed by atoms with van der Waals surface area (Å²) in [5.41, 5.74) is 1.08. The Bertz CT molecular complexity index is 441. The maximum Gasteiger partial charge on any atom is 0.240 e. The molecular formula is C15H18BrNO2. The number of hydrogen-bond donors (Lipinski definition) is 1. The Labute approximate surface area is 121 Å². The first-order valence-electron chi connectivity index (χ1n) is 6.69. The van der Waals surface area contributed by atoms with Crippen LogP contribution < -0.4 is 5.32 Å². The van der Waals surface area contributed by atoms with E-state index in [1.54, 1.807) is 0 Å². The number of amides is 2. The minimum absolute atomic E-state index is 0.0281. The van der Waals surface area contributed by atoms with Crippen LogP contribution in [0.5, 0.6) is 0 Å². The summed E-state index contributed by atoms with van der Waals surface area (Å²) in [7, 11) is 0. The van der Waals surface area contributed by atoms with Crippen molar-refractivity contribution in [2.24, 2.45) is 5.92 Å². The highest BCUT2D eigenvalue weighted by Crippen LogP contribution is 2.24. The minimum Gasteiger partial charge on any atom is -0.295 e. The second kappa shape index (κ2) is 6.85. The number of carbonyl (C=O) groups excluding carboxylic acids is 2. The predicted octanol–water partition coefficient (Wildman–Crippen LogP) is 2.83. The van der Waals surface area contributed by atoms with E-state index in [0.29, 0.717) is 6.42 Å². The topological polar surface area (TPSA) is 46.2 Å². The van der Waals surface area contributed by atoms with Gasteiger partial charge < -0.3 is 0 Å². The second-order valence-electron chi connectivity index (χ2n) is 4.99. The molecule has 19 heavy (non-hydrogen) atoms. The normalized spacial score (nSPS) is 17.1. The molecule has 0 spiro atoms. The molecule has 1 aliphatic rings. The third-order valence-corrected chi connectivity index (χ3v) is 4.25. The molecule has 0 bridgehead atoms. The molecule has 0 aromatic heterocycles. The van der Waals surface area contributed by atoms with Crippen LogP contribution in [0, 0.1) is 5.92 Å². The summed E-state index contributed by atoms with van der Waals surface area (Å²) in [6, 6.07) is 9.77. The molecule has 0 saturated heterocycles. The molecule has 1 aromatic carbocycles. The smallest absolute Gasteiger partial charge is 0.240 e. The van der Waals surface area contributed by atoms with Crippen LogP contribution in [0.15, 0.2) is 30.3 Å². The molecule has 1 saturated carbocycles. The van der Waals surface area contributed by atoms with Crippen molar-refractivity contribution >= 4 is 27.7 Å². The van der Waals surface area contributed by atoms with Gasteiger partial charge in [-0.2, -0.15) is 0 Å². The summed E-state index contributed by atoms with van der Waals surface area (Å²) in [6.45, 7) is 0. The molecule has 1 unspecified atom stereocenters. The average Bonchev–Trinajstić information content (AvgIpc) is 2.93. The standard InChI is InChI=1S/C15H18BrNO2/c16-13(10-11-6-2-1-3-7-11)15(19)17-14(18)12-8-4-5-9-12/h1-3,6-7,12-13H,4-5,8-10H2,(H,17,18,19). The number of nitrogens with one attached hydrogen (secondary N) is 1. The van der Waals surface area contributed by atoms with E-state index in [2.05, 4.69) is 21.2 Å². The molecule has 2 rings (SSSR count). The monoisotopic (exact) mass is 323 g/mol. The van der Waals surface area contributed by atoms with Gasteiger partial charge in [0.05, 0.1) is 4.83 Å². The number of hydrogen-bond acceptors (Lipinski definition) is 2. The van der Waals surface area contributed by atoms with Crippen molar-refractivity contribution < 1.29 is 9.59 Å². The lowest BCUT2D eigenvalue weighted by molar-refractivity contribution is -0.132. The number of benzene rings is 1.